The Balaban J connectivity index is 1.58. The van der Waals surface area contributed by atoms with E-state index >= 15 is 0 Å². The predicted octanol–water partition coefficient (Wildman–Crippen LogP) is 1.75. The van der Waals surface area contributed by atoms with Crippen LogP contribution in [0, 0.1) is 5.92 Å². The molecule has 1 saturated heterocycles. The van der Waals surface area contributed by atoms with Crippen LogP contribution in [0.1, 0.15) is 42.2 Å². The van der Waals surface area contributed by atoms with E-state index in [-0.39, 0.29) is 10.1 Å². The van der Waals surface area contributed by atoms with Crippen molar-refractivity contribution in [3.63, 3.8) is 0 Å². The Hall–Kier alpha value is -1.78. The Bertz CT molecular complexity index is 882. The number of sulfonamides is 1. The summed E-state index contributed by atoms with van der Waals surface area (Å²) in [7, 11) is -3.51. The van der Waals surface area contributed by atoms with Crippen LogP contribution in [0.15, 0.2) is 22.7 Å². The van der Waals surface area contributed by atoms with E-state index in [1.165, 1.54) is 10.4 Å². The summed E-state index contributed by atoms with van der Waals surface area (Å²) in [5.41, 5.74) is 0. The highest BCUT2D eigenvalue weighted by Gasteiger charge is 2.29. The molecule has 1 N–H and O–H groups in total. The lowest BCUT2D eigenvalue weighted by Crippen LogP contribution is -2.37. The Morgan fingerprint density at radius 1 is 1.33 bits per heavy atom. The van der Waals surface area contributed by atoms with Crippen molar-refractivity contribution in [1.82, 2.24) is 24.4 Å². The summed E-state index contributed by atoms with van der Waals surface area (Å²) in [6.45, 7) is 6.42. The molecule has 0 aliphatic carbocycles. The second kappa shape index (κ2) is 8.49. The fourth-order valence-electron chi connectivity index (χ4n) is 3.04. The van der Waals surface area contributed by atoms with Crippen molar-refractivity contribution in [3.05, 3.63) is 29.2 Å². The third-order valence-corrected chi connectivity index (χ3v) is 8.26. The van der Waals surface area contributed by atoms with E-state index in [1.54, 1.807) is 12.4 Å². The van der Waals surface area contributed by atoms with Crippen molar-refractivity contribution in [2.75, 3.05) is 19.6 Å². The molecule has 0 saturated carbocycles. The molecule has 27 heavy (non-hydrogen) atoms. The standard InChI is InChI=1S/C17H25N5O3S2/c1-3-21-12-19-20-15(21)6-9-18-17(23)14-4-5-16(26-14)27(24,25)22-10-7-13(2)8-11-22/h4-5,12-13H,3,6-11H2,1-2H3,(H,18,23). The van der Waals surface area contributed by atoms with Crippen molar-refractivity contribution in [3.8, 4) is 0 Å². The first-order valence-corrected chi connectivity index (χ1v) is 11.4. The monoisotopic (exact) mass is 411 g/mol. The quantitative estimate of drug-likeness (QED) is 0.749. The predicted molar refractivity (Wildman–Crippen MR) is 103 cm³/mol. The first-order chi connectivity index (χ1) is 12.9. The van der Waals surface area contributed by atoms with Gasteiger partial charge < -0.3 is 9.88 Å². The number of nitrogens with zero attached hydrogens (tertiary/aromatic N) is 4. The molecule has 10 heteroatoms. The van der Waals surface area contributed by atoms with Gasteiger partial charge >= 0.3 is 0 Å². The maximum absolute atomic E-state index is 12.8. The number of rotatable bonds is 7. The lowest BCUT2D eigenvalue weighted by Gasteiger charge is -2.28. The Kier molecular flexibility index (Phi) is 6.28. The average Bonchev–Trinajstić information content (AvgIpc) is 3.31. The molecular formula is C17H25N5O3S2. The van der Waals surface area contributed by atoms with Crippen molar-refractivity contribution < 1.29 is 13.2 Å². The van der Waals surface area contributed by atoms with Crippen LogP contribution in [0.2, 0.25) is 0 Å². The van der Waals surface area contributed by atoms with Crippen molar-refractivity contribution in [2.45, 2.75) is 43.9 Å². The Morgan fingerprint density at radius 3 is 2.78 bits per heavy atom. The van der Waals surface area contributed by atoms with E-state index in [9.17, 15) is 13.2 Å². The molecule has 1 fully saturated rings. The van der Waals surface area contributed by atoms with Crippen LogP contribution in [0.3, 0.4) is 0 Å². The summed E-state index contributed by atoms with van der Waals surface area (Å²) >= 11 is 1.02. The lowest BCUT2D eigenvalue weighted by molar-refractivity contribution is 0.0958. The summed E-state index contributed by atoms with van der Waals surface area (Å²) in [5.74, 6) is 1.10. The number of amides is 1. The molecule has 0 unspecified atom stereocenters. The molecule has 0 atom stereocenters. The number of hydrogen-bond acceptors (Lipinski definition) is 6. The summed E-state index contributed by atoms with van der Waals surface area (Å²) in [6, 6.07) is 3.11. The number of thiophene rings is 1. The van der Waals surface area contributed by atoms with Gasteiger partial charge in [-0.05, 0) is 37.8 Å². The smallest absolute Gasteiger partial charge is 0.261 e. The number of hydrogen-bond donors (Lipinski definition) is 1. The van der Waals surface area contributed by atoms with Gasteiger partial charge in [0.25, 0.3) is 15.9 Å². The molecular weight excluding hydrogens is 386 g/mol. The summed E-state index contributed by atoms with van der Waals surface area (Å²) in [6.07, 6.45) is 3.98. The highest BCUT2D eigenvalue weighted by atomic mass is 32.2. The minimum absolute atomic E-state index is 0.230. The van der Waals surface area contributed by atoms with Crippen LogP contribution in [0.4, 0.5) is 0 Å². The van der Waals surface area contributed by atoms with Crippen LogP contribution < -0.4 is 5.32 Å². The number of aromatic nitrogens is 3. The molecule has 1 aliphatic heterocycles. The second-order valence-electron chi connectivity index (χ2n) is 6.74. The molecule has 3 heterocycles. The van der Waals surface area contributed by atoms with E-state index in [2.05, 4.69) is 22.4 Å². The second-order valence-corrected chi connectivity index (χ2v) is 9.99. The first-order valence-electron chi connectivity index (χ1n) is 9.16. The summed E-state index contributed by atoms with van der Waals surface area (Å²) in [5, 5.41) is 10.7. The minimum Gasteiger partial charge on any atom is -0.351 e. The topological polar surface area (TPSA) is 97.2 Å². The van der Waals surface area contributed by atoms with Crippen molar-refractivity contribution in [1.29, 1.82) is 0 Å². The van der Waals surface area contributed by atoms with Crippen LogP contribution in [-0.2, 0) is 23.0 Å². The Morgan fingerprint density at radius 2 is 2.07 bits per heavy atom. The summed E-state index contributed by atoms with van der Waals surface area (Å²) in [4.78, 5) is 12.7. The van der Waals surface area contributed by atoms with Gasteiger partial charge in [0.2, 0.25) is 0 Å². The van der Waals surface area contributed by atoms with Crippen molar-refractivity contribution >= 4 is 27.3 Å². The van der Waals surface area contributed by atoms with E-state index in [0.29, 0.717) is 36.9 Å². The van der Waals surface area contributed by atoms with Crippen LogP contribution in [0.5, 0.6) is 0 Å². The maximum Gasteiger partial charge on any atom is 0.261 e. The zero-order valence-electron chi connectivity index (χ0n) is 15.6. The van der Waals surface area contributed by atoms with Gasteiger partial charge in [-0.2, -0.15) is 4.31 Å². The molecule has 148 valence electrons. The van der Waals surface area contributed by atoms with Gasteiger partial charge in [-0.15, -0.1) is 21.5 Å². The van der Waals surface area contributed by atoms with Gasteiger partial charge in [-0.3, -0.25) is 4.79 Å². The maximum atomic E-state index is 12.8. The zero-order valence-corrected chi connectivity index (χ0v) is 17.2. The number of carbonyl (C=O) groups excluding carboxylic acids is 1. The molecule has 0 bridgehead atoms. The van der Waals surface area contributed by atoms with Gasteiger partial charge in [-0.25, -0.2) is 8.42 Å². The molecule has 0 radical (unpaired) electrons. The summed E-state index contributed by atoms with van der Waals surface area (Å²) < 4.78 is 29.2. The Labute approximate surface area is 163 Å². The number of piperidine rings is 1. The van der Waals surface area contributed by atoms with Crippen molar-refractivity contribution in [2.24, 2.45) is 5.92 Å². The highest BCUT2D eigenvalue weighted by molar-refractivity contribution is 7.91. The van der Waals surface area contributed by atoms with Gasteiger partial charge in [0.1, 0.15) is 16.4 Å². The molecule has 0 spiro atoms. The van der Waals surface area contributed by atoms with E-state index < -0.39 is 10.0 Å². The third-order valence-electron chi connectivity index (χ3n) is 4.81. The van der Waals surface area contributed by atoms with E-state index in [0.717, 1.165) is 36.5 Å². The average molecular weight is 412 g/mol. The largest absolute Gasteiger partial charge is 0.351 e. The molecule has 3 rings (SSSR count). The lowest BCUT2D eigenvalue weighted by atomic mass is 10.0. The van der Waals surface area contributed by atoms with Gasteiger partial charge in [0, 0.05) is 32.6 Å². The first kappa shape index (κ1) is 20.0. The normalized spacial score (nSPS) is 16.5. The van der Waals surface area contributed by atoms with Crippen LogP contribution >= 0.6 is 11.3 Å². The molecule has 8 nitrogen and oxygen atoms in total. The molecule has 1 aliphatic rings. The molecule has 0 aromatic carbocycles. The SMILES string of the molecule is CCn1cnnc1CCNC(=O)c1ccc(S(=O)(=O)N2CCC(C)CC2)s1. The molecule has 1 amide bonds. The zero-order chi connectivity index (χ0) is 19.4. The van der Waals surface area contributed by atoms with E-state index in [4.69, 9.17) is 0 Å². The fraction of sp³-hybridized carbons (Fsp3) is 0.588. The third kappa shape index (κ3) is 4.56. The fourth-order valence-corrected chi connectivity index (χ4v) is 5.89. The van der Waals surface area contributed by atoms with Gasteiger partial charge in [0.05, 0.1) is 4.88 Å². The number of carbonyl (C=O) groups is 1. The number of aryl methyl sites for hydroxylation is 1. The van der Waals surface area contributed by atoms with Crippen LogP contribution in [-0.4, -0.2) is 53.0 Å². The molecule has 2 aromatic rings. The molecule has 2 aromatic heterocycles. The van der Waals surface area contributed by atoms with Gasteiger partial charge in [0.15, 0.2) is 0 Å². The van der Waals surface area contributed by atoms with Crippen LogP contribution in [0.25, 0.3) is 0 Å². The van der Waals surface area contributed by atoms with E-state index in [1.807, 2.05) is 11.5 Å². The minimum atomic E-state index is -3.51. The number of nitrogens with one attached hydrogen (secondary N) is 1. The van der Waals surface area contributed by atoms with Gasteiger partial charge in [-0.1, -0.05) is 6.92 Å². The highest BCUT2D eigenvalue weighted by Crippen LogP contribution is 2.28.